The van der Waals surface area contributed by atoms with E-state index in [0.29, 0.717) is 13.0 Å². The summed E-state index contributed by atoms with van der Waals surface area (Å²) in [7, 11) is -0.0684. The summed E-state index contributed by atoms with van der Waals surface area (Å²) in [6.07, 6.45) is 2.16. The van der Waals surface area contributed by atoms with Crippen LogP contribution >= 0.6 is 11.8 Å². The number of hydrogen-bond donors (Lipinski definition) is 2. The Balaban J connectivity index is 3.94. The van der Waals surface area contributed by atoms with Crippen molar-refractivity contribution in [1.29, 1.82) is 0 Å². The zero-order chi connectivity index (χ0) is 11.9. The summed E-state index contributed by atoms with van der Waals surface area (Å²) in [4.78, 5) is 4.48. The monoisotopic (exact) mass is 258 g/mol. The fourth-order valence-electron chi connectivity index (χ4n) is 1.35. The Labute approximate surface area is 96.6 Å². The smallest absolute Gasteiger partial charge is 0.264 e. The number of rotatable bonds is 8. The van der Waals surface area contributed by atoms with Crippen molar-refractivity contribution in [2.24, 2.45) is 0 Å². The van der Waals surface area contributed by atoms with Crippen LogP contribution < -0.4 is 4.84 Å². The van der Waals surface area contributed by atoms with E-state index in [1.165, 1.54) is 0 Å². The second-order valence-corrected chi connectivity index (χ2v) is 5.56. The van der Waals surface area contributed by atoms with E-state index < -0.39 is 10.1 Å². The fourth-order valence-corrected chi connectivity index (χ4v) is 2.05. The van der Waals surface area contributed by atoms with Gasteiger partial charge in [0, 0.05) is 12.6 Å². The minimum absolute atomic E-state index is 0.150. The first-order valence-corrected chi connectivity index (χ1v) is 6.80. The number of halogens is 1. The van der Waals surface area contributed by atoms with Gasteiger partial charge in [-0.15, -0.1) is 0 Å². The summed E-state index contributed by atoms with van der Waals surface area (Å²) in [6, 6.07) is 0.150. The van der Waals surface area contributed by atoms with Crippen LogP contribution in [0.3, 0.4) is 0 Å². The first-order valence-electron chi connectivity index (χ1n) is 4.82. The molecule has 92 valence electrons. The Hall–Kier alpha value is 0.120. The normalized spacial score (nSPS) is 14.5. The van der Waals surface area contributed by atoms with Crippen LogP contribution in [-0.2, 0) is 10.1 Å². The molecule has 0 fully saturated rings. The van der Waals surface area contributed by atoms with E-state index in [-0.39, 0.29) is 11.8 Å². The number of nitrogens with one attached hydrogen (secondary N) is 1. The van der Waals surface area contributed by atoms with Gasteiger partial charge in [0.05, 0.1) is 5.75 Å². The second kappa shape index (κ2) is 7.40. The number of nitrogens with zero attached hydrogens (tertiary/aromatic N) is 1. The molecule has 7 heteroatoms. The third-order valence-corrected chi connectivity index (χ3v) is 3.19. The molecule has 0 aromatic carbocycles. The minimum Gasteiger partial charge on any atom is -0.306 e. The highest BCUT2D eigenvalue weighted by molar-refractivity contribution is 7.85. The van der Waals surface area contributed by atoms with Gasteiger partial charge in [0.2, 0.25) is 0 Å². The maximum Gasteiger partial charge on any atom is 0.264 e. The molecule has 0 radical (unpaired) electrons. The molecule has 0 saturated heterocycles. The largest absolute Gasteiger partial charge is 0.306 e. The van der Waals surface area contributed by atoms with E-state index in [1.54, 1.807) is 0 Å². The topological polar surface area (TPSA) is 69.6 Å². The van der Waals surface area contributed by atoms with Crippen molar-refractivity contribution >= 4 is 21.9 Å². The molecular weight excluding hydrogens is 240 g/mol. The Bertz CT molecular complexity index is 257. The van der Waals surface area contributed by atoms with Crippen molar-refractivity contribution in [3.05, 3.63) is 0 Å². The molecule has 0 saturated carbocycles. The Morgan fingerprint density at radius 2 is 2.00 bits per heavy atom. The summed E-state index contributed by atoms with van der Waals surface area (Å²) in [5.41, 5.74) is 0. The van der Waals surface area contributed by atoms with E-state index >= 15 is 0 Å². The van der Waals surface area contributed by atoms with Crippen molar-refractivity contribution in [3.8, 4) is 0 Å². The van der Waals surface area contributed by atoms with Gasteiger partial charge in [-0.3, -0.25) is 4.55 Å². The molecule has 2 N–H and O–H groups in total. The lowest BCUT2D eigenvalue weighted by Gasteiger charge is -2.23. The van der Waals surface area contributed by atoms with Gasteiger partial charge in [-0.25, -0.2) is 4.84 Å². The Kier molecular flexibility index (Phi) is 7.46. The second-order valence-electron chi connectivity index (χ2n) is 3.72. The van der Waals surface area contributed by atoms with Crippen molar-refractivity contribution in [2.45, 2.75) is 25.3 Å². The molecule has 1 unspecified atom stereocenters. The summed E-state index contributed by atoms with van der Waals surface area (Å²) < 4.78 is 29.8. The van der Waals surface area contributed by atoms with E-state index in [4.69, 9.17) is 16.3 Å². The van der Waals surface area contributed by atoms with Gasteiger partial charge in [-0.1, -0.05) is 0 Å². The van der Waals surface area contributed by atoms with Crippen LogP contribution in [0.2, 0.25) is 0 Å². The Morgan fingerprint density at radius 1 is 1.40 bits per heavy atom. The SMILES string of the molecule is CN(C)C(CCCNCl)CCS(=O)(=O)O. The predicted molar refractivity (Wildman–Crippen MR) is 61.6 cm³/mol. The average molecular weight is 259 g/mol. The molecule has 0 aliphatic heterocycles. The summed E-state index contributed by atoms with van der Waals surface area (Å²) in [5.74, 6) is -0.190. The van der Waals surface area contributed by atoms with Gasteiger partial charge in [0.1, 0.15) is 0 Å². The fraction of sp³-hybridized carbons (Fsp3) is 1.00. The van der Waals surface area contributed by atoms with E-state index in [9.17, 15) is 8.42 Å². The lowest BCUT2D eigenvalue weighted by atomic mass is 10.1. The summed E-state index contributed by atoms with van der Waals surface area (Å²) in [5, 5.41) is 0. The molecule has 0 aliphatic carbocycles. The molecule has 0 rings (SSSR count). The lowest BCUT2D eigenvalue weighted by molar-refractivity contribution is 0.267. The van der Waals surface area contributed by atoms with Crippen molar-refractivity contribution in [3.63, 3.8) is 0 Å². The average Bonchev–Trinajstić information content (AvgIpc) is 2.08. The lowest BCUT2D eigenvalue weighted by Crippen LogP contribution is -2.30. The van der Waals surface area contributed by atoms with E-state index in [1.807, 2.05) is 19.0 Å². The summed E-state index contributed by atoms with van der Waals surface area (Å²) in [6.45, 7) is 0.692. The van der Waals surface area contributed by atoms with Crippen LogP contribution in [0.15, 0.2) is 0 Å². The molecule has 5 nitrogen and oxygen atoms in total. The van der Waals surface area contributed by atoms with Crippen molar-refractivity contribution in [1.82, 2.24) is 9.74 Å². The highest BCUT2D eigenvalue weighted by Crippen LogP contribution is 2.08. The van der Waals surface area contributed by atoms with Crippen molar-refractivity contribution in [2.75, 3.05) is 26.4 Å². The van der Waals surface area contributed by atoms with Crippen LogP contribution in [0, 0.1) is 0 Å². The maximum absolute atomic E-state index is 10.6. The van der Waals surface area contributed by atoms with Crippen LogP contribution in [0.25, 0.3) is 0 Å². The highest BCUT2D eigenvalue weighted by Gasteiger charge is 2.14. The quantitative estimate of drug-likeness (QED) is 0.381. The van der Waals surface area contributed by atoms with Gasteiger partial charge in [0.15, 0.2) is 0 Å². The van der Waals surface area contributed by atoms with Crippen LogP contribution in [0.5, 0.6) is 0 Å². The zero-order valence-corrected chi connectivity index (χ0v) is 10.7. The molecule has 0 heterocycles. The van der Waals surface area contributed by atoms with Gasteiger partial charge >= 0.3 is 0 Å². The molecule has 0 spiro atoms. The van der Waals surface area contributed by atoms with Crippen LogP contribution in [-0.4, -0.2) is 50.3 Å². The van der Waals surface area contributed by atoms with Gasteiger partial charge in [-0.2, -0.15) is 8.42 Å². The molecule has 0 aromatic heterocycles. The maximum atomic E-state index is 10.6. The van der Waals surface area contributed by atoms with Crippen LogP contribution in [0.4, 0.5) is 0 Å². The minimum atomic E-state index is -3.85. The van der Waals surface area contributed by atoms with Gasteiger partial charge in [0.25, 0.3) is 10.1 Å². The van der Waals surface area contributed by atoms with Crippen LogP contribution in [0.1, 0.15) is 19.3 Å². The van der Waals surface area contributed by atoms with Gasteiger partial charge < -0.3 is 4.90 Å². The molecule has 0 bridgehead atoms. The Morgan fingerprint density at radius 3 is 2.40 bits per heavy atom. The first kappa shape index (κ1) is 15.1. The third-order valence-electron chi connectivity index (χ3n) is 2.25. The molecular formula is C8H19ClN2O3S. The van der Waals surface area contributed by atoms with E-state index in [0.717, 1.165) is 12.8 Å². The molecule has 0 aromatic rings. The highest BCUT2D eigenvalue weighted by atomic mass is 35.5. The van der Waals surface area contributed by atoms with Gasteiger partial charge in [-0.05, 0) is 45.1 Å². The molecule has 0 amide bonds. The molecule has 1 atom stereocenters. The summed E-state index contributed by atoms with van der Waals surface area (Å²) >= 11 is 5.31. The number of hydrogen-bond acceptors (Lipinski definition) is 4. The molecule has 15 heavy (non-hydrogen) atoms. The molecule has 0 aliphatic rings. The zero-order valence-electron chi connectivity index (χ0n) is 9.11. The standard InChI is InChI=1S/C8H19ClN2O3S/c1-11(2)8(4-3-6-10-9)5-7-15(12,13)14/h8,10H,3-7H2,1-2H3,(H,12,13,14). The van der Waals surface area contributed by atoms with Crippen molar-refractivity contribution < 1.29 is 13.0 Å². The van der Waals surface area contributed by atoms with E-state index in [2.05, 4.69) is 4.84 Å². The predicted octanol–water partition coefficient (Wildman–Crippen LogP) is 0.718. The first-order chi connectivity index (χ1) is 6.87. The third kappa shape index (κ3) is 9.07.